The van der Waals surface area contributed by atoms with Crippen LogP contribution in [0.2, 0.25) is 0 Å². The van der Waals surface area contributed by atoms with Gasteiger partial charge in [0.1, 0.15) is 5.75 Å². The third-order valence-corrected chi connectivity index (χ3v) is 4.29. The molecule has 2 aromatic carbocycles. The van der Waals surface area contributed by atoms with Crippen LogP contribution in [0.1, 0.15) is 28.8 Å². The largest absolute Gasteiger partial charge is 0.573 e. The van der Waals surface area contributed by atoms with Crippen molar-refractivity contribution in [3.8, 4) is 5.75 Å². The normalized spacial score (nSPS) is 17.6. The summed E-state index contributed by atoms with van der Waals surface area (Å²) < 4.78 is 40.5. The minimum Gasteiger partial charge on any atom is -0.406 e. The first-order chi connectivity index (χ1) is 11.9. The molecular weight excluding hydrogens is 331 g/mol. The van der Waals surface area contributed by atoms with Crippen molar-refractivity contribution < 1.29 is 22.7 Å². The molecule has 1 saturated heterocycles. The summed E-state index contributed by atoms with van der Waals surface area (Å²) in [5, 5.41) is 0. The lowest BCUT2D eigenvalue weighted by atomic mass is 10.0. The van der Waals surface area contributed by atoms with Crippen LogP contribution < -0.4 is 4.74 Å². The highest BCUT2D eigenvalue weighted by Crippen LogP contribution is 2.26. The summed E-state index contributed by atoms with van der Waals surface area (Å²) in [5.74, 6) is -0.483. The number of amides is 1. The van der Waals surface area contributed by atoms with Gasteiger partial charge in [0.05, 0.1) is 0 Å². The Kier molecular flexibility index (Phi) is 4.97. The van der Waals surface area contributed by atoms with E-state index in [2.05, 4.69) is 4.74 Å². The highest BCUT2D eigenvalue weighted by Gasteiger charge is 2.32. The van der Waals surface area contributed by atoms with Crippen molar-refractivity contribution in [1.82, 2.24) is 4.90 Å². The average Bonchev–Trinajstić information content (AvgIpc) is 3.02. The number of alkyl halides is 3. The summed E-state index contributed by atoms with van der Waals surface area (Å²) in [6.45, 7) is 0.664. The van der Waals surface area contributed by atoms with E-state index in [9.17, 15) is 18.0 Å². The second-order valence-electron chi connectivity index (χ2n) is 6.06. The molecule has 2 aromatic rings. The van der Waals surface area contributed by atoms with Crippen LogP contribution in [-0.4, -0.2) is 29.8 Å². The van der Waals surface area contributed by atoms with E-state index in [1.54, 1.807) is 0 Å². The predicted octanol–water partition coefficient (Wildman–Crippen LogP) is 4.43. The van der Waals surface area contributed by atoms with Crippen LogP contribution in [0.5, 0.6) is 5.75 Å². The van der Waals surface area contributed by atoms with Crippen molar-refractivity contribution in [3.05, 3.63) is 65.7 Å². The number of carbonyl (C=O) groups is 1. The molecule has 1 unspecified atom stereocenters. The van der Waals surface area contributed by atoms with Gasteiger partial charge in [0.15, 0.2) is 0 Å². The zero-order valence-corrected chi connectivity index (χ0v) is 13.5. The monoisotopic (exact) mass is 349 g/mol. The van der Waals surface area contributed by atoms with Crippen LogP contribution in [0.25, 0.3) is 0 Å². The first-order valence-corrected chi connectivity index (χ1v) is 8.13. The summed E-state index contributed by atoms with van der Waals surface area (Å²) in [5.41, 5.74) is 1.54. The molecule has 0 aromatic heterocycles. The van der Waals surface area contributed by atoms with E-state index >= 15 is 0 Å². The topological polar surface area (TPSA) is 29.5 Å². The Labute approximate surface area is 144 Å². The molecule has 0 bridgehead atoms. The third kappa shape index (κ3) is 4.53. The van der Waals surface area contributed by atoms with E-state index in [0.29, 0.717) is 12.1 Å². The molecule has 1 aliphatic rings. The minimum atomic E-state index is -4.73. The number of nitrogens with zero attached hydrogens (tertiary/aromatic N) is 1. The Morgan fingerprint density at radius 3 is 2.40 bits per heavy atom. The average molecular weight is 349 g/mol. The van der Waals surface area contributed by atoms with Gasteiger partial charge in [-0.15, -0.1) is 13.2 Å². The molecule has 132 valence electrons. The summed E-state index contributed by atoms with van der Waals surface area (Å²) >= 11 is 0. The van der Waals surface area contributed by atoms with E-state index < -0.39 is 6.36 Å². The van der Waals surface area contributed by atoms with Gasteiger partial charge in [-0.05, 0) is 49.1 Å². The van der Waals surface area contributed by atoms with Crippen molar-refractivity contribution >= 4 is 5.91 Å². The van der Waals surface area contributed by atoms with Crippen LogP contribution >= 0.6 is 0 Å². The molecule has 3 rings (SSSR count). The molecule has 1 amide bonds. The molecule has 25 heavy (non-hydrogen) atoms. The number of rotatable bonds is 4. The Morgan fingerprint density at radius 1 is 1.08 bits per heavy atom. The molecule has 0 N–H and O–H groups in total. The quantitative estimate of drug-likeness (QED) is 0.817. The van der Waals surface area contributed by atoms with Crippen molar-refractivity contribution in [2.45, 2.75) is 31.7 Å². The van der Waals surface area contributed by atoms with Crippen LogP contribution in [0.15, 0.2) is 54.6 Å². The van der Waals surface area contributed by atoms with Gasteiger partial charge >= 0.3 is 6.36 Å². The van der Waals surface area contributed by atoms with Crippen molar-refractivity contribution in [2.24, 2.45) is 0 Å². The molecule has 1 aliphatic heterocycles. The zero-order valence-electron chi connectivity index (χ0n) is 13.5. The van der Waals surface area contributed by atoms with Crippen LogP contribution in [-0.2, 0) is 6.42 Å². The first kappa shape index (κ1) is 17.3. The lowest BCUT2D eigenvalue weighted by Gasteiger charge is -2.25. The Balaban J connectivity index is 1.69. The van der Waals surface area contributed by atoms with E-state index in [4.69, 9.17) is 0 Å². The fourth-order valence-corrected chi connectivity index (χ4v) is 3.17. The van der Waals surface area contributed by atoms with Gasteiger partial charge in [0.2, 0.25) is 0 Å². The molecule has 6 heteroatoms. The Hall–Kier alpha value is -2.50. The summed E-state index contributed by atoms with van der Waals surface area (Å²) in [6.07, 6.45) is -2.10. The van der Waals surface area contributed by atoms with Crippen LogP contribution in [0.4, 0.5) is 13.2 Å². The fraction of sp³-hybridized carbons (Fsp3) is 0.316. The maximum absolute atomic E-state index is 12.7. The fourth-order valence-electron chi connectivity index (χ4n) is 3.17. The van der Waals surface area contributed by atoms with Gasteiger partial charge in [-0.1, -0.05) is 30.3 Å². The highest BCUT2D eigenvalue weighted by molar-refractivity contribution is 5.94. The first-order valence-electron chi connectivity index (χ1n) is 8.13. The summed E-state index contributed by atoms with van der Waals surface area (Å²) in [7, 11) is 0. The number of likely N-dealkylation sites (tertiary alicyclic amines) is 1. The lowest BCUT2D eigenvalue weighted by Crippen LogP contribution is -2.36. The van der Waals surface area contributed by atoms with Gasteiger partial charge in [0, 0.05) is 18.2 Å². The highest BCUT2D eigenvalue weighted by atomic mass is 19.4. The van der Waals surface area contributed by atoms with Crippen LogP contribution in [0.3, 0.4) is 0 Å². The molecule has 1 atom stereocenters. The standard InChI is InChI=1S/C19H18F3NO2/c20-19(21,22)25-17-10-8-15(9-11-17)18(24)23-12-4-7-16(23)13-14-5-2-1-3-6-14/h1-3,5-6,8-11,16H,4,7,12-13H2. The SMILES string of the molecule is O=C(c1ccc(OC(F)(F)F)cc1)N1CCCC1Cc1ccccc1. The van der Waals surface area contributed by atoms with E-state index in [0.717, 1.165) is 19.3 Å². The van der Waals surface area contributed by atoms with Gasteiger partial charge < -0.3 is 9.64 Å². The number of carbonyl (C=O) groups excluding carboxylic acids is 1. The smallest absolute Gasteiger partial charge is 0.406 e. The summed E-state index contributed by atoms with van der Waals surface area (Å²) in [6, 6.07) is 15.2. The van der Waals surface area contributed by atoms with Gasteiger partial charge in [0.25, 0.3) is 5.91 Å². The minimum absolute atomic E-state index is 0.112. The number of hydrogen-bond acceptors (Lipinski definition) is 2. The van der Waals surface area contributed by atoms with Crippen molar-refractivity contribution in [2.75, 3.05) is 6.54 Å². The number of hydrogen-bond donors (Lipinski definition) is 0. The zero-order chi connectivity index (χ0) is 17.9. The second-order valence-corrected chi connectivity index (χ2v) is 6.06. The molecular formula is C19H18F3NO2. The Morgan fingerprint density at radius 2 is 1.76 bits per heavy atom. The lowest BCUT2D eigenvalue weighted by molar-refractivity contribution is -0.274. The van der Waals surface area contributed by atoms with Gasteiger partial charge in [-0.25, -0.2) is 0 Å². The molecule has 1 heterocycles. The van der Waals surface area contributed by atoms with Crippen molar-refractivity contribution in [3.63, 3.8) is 0 Å². The third-order valence-electron chi connectivity index (χ3n) is 4.29. The van der Waals surface area contributed by atoms with Crippen LogP contribution in [0, 0.1) is 0 Å². The number of ether oxygens (including phenoxy) is 1. The van der Waals surface area contributed by atoms with Gasteiger partial charge in [-0.3, -0.25) is 4.79 Å². The summed E-state index contributed by atoms with van der Waals surface area (Å²) in [4.78, 5) is 14.5. The molecule has 3 nitrogen and oxygen atoms in total. The van der Waals surface area contributed by atoms with E-state index in [1.807, 2.05) is 35.2 Å². The number of halogens is 3. The van der Waals surface area contributed by atoms with Gasteiger partial charge in [-0.2, -0.15) is 0 Å². The Bertz CT molecular complexity index is 714. The maximum Gasteiger partial charge on any atom is 0.573 e. The molecule has 0 radical (unpaired) electrons. The second kappa shape index (κ2) is 7.17. The maximum atomic E-state index is 12.7. The van der Waals surface area contributed by atoms with Crippen molar-refractivity contribution in [1.29, 1.82) is 0 Å². The molecule has 0 spiro atoms. The van der Waals surface area contributed by atoms with E-state index in [-0.39, 0.29) is 17.7 Å². The molecule has 0 saturated carbocycles. The predicted molar refractivity (Wildman–Crippen MR) is 87.3 cm³/mol. The van der Waals surface area contributed by atoms with E-state index in [1.165, 1.54) is 29.8 Å². The molecule has 0 aliphatic carbocycles. The molecule has 1 fully saturated rings. The number of benzene rings is 2.